The molecule has 7 nitrogen and oxygen atoms in total. The molecule has 142 valence electrons. The maximum Gasteiger partial charge on any atom is 0.323 e. The zero-order valence-electron chi connectivity index (χ0n) is 16.0. The van der Waals surface area contributed by atoms with Crippen LogP contribution in [0.25, 0.3) is 22.3 Å². The third kappa shape index (κ3) is 3.57. The number of pyridine rings is 1. The van der Waals surface area contributed by atoms with Crippen molar-refractivity contribution in [3.63, 3.8) is 0 Å². The molecule has 0 aliphatic rings. The van der Waals surface area contributed by atoms with E-state index in [1.807, 2.05) is 27.7 Å². The zero-order chi connectivity index (χ0) is 19.9. The van der Waals surface area contributed by atoms with Crippen LogP contribution in [0.2, 0.25) is 0 Å². The van der Waals surface area contributed by atoms with Gasteiger partial charge in [-0.15, -0.1) is 11.3 Å². The topological polar surface area (TPSA) is 88.3 Å². The molecule has 0 radical (unpaired) electrons. The molecule has 8 heteroatoms. The van der Waals surface area contributed by atoms with E-state index in [0.29, 0.717) is 22.3 Å². The highest BCUT2D eigenvalue weighted by Gasteiger charge is 2.22. The van der Waals surface area contributed by atoms with Crippen LogP contribution >= 0.6 is 11.3 Å². The molecule has 1 N–H and O–H groups in total. The second kappa shape index (κ2) is 7.11. The number of aromatic nitrogens is 3. The lowest BCUT2D eigenvalue weighted by Crippen LogP contribution is -2.32. The maximum absolute atomic E-state index is 12.9. The molecule has 0 spiro atoms. The highest BCUT2D eigenvalue weighted by Crippen LogP contribution is 2.32. The fraction of sp³-hybridized carbons (Fsp3) is 0.368. The summed E-state index contributed by atoms with van der Waals surface area (Å²) in [5.74, 6) is -1.42. The molecule has 27 heavy (non-hydrogen) atoms. The Balaban J connectivity index is 2.23. The average Bonchev–Trinajstić information content (AvgIpc) is 3.15. The minimum absolute atomic E-state index is 0.0789. The van der Waals surface area contributed by atoms with Gasteiger partial charge in [0, 0.05) is 28.4 Å². The van der Waals surface area contributed by atoms with Crippen molar-refractivity contribution in [3.8, 4) is 11.3 Å². The molecule has 0 atom stereocenters. The molecule has 3 aromatic rings. The summed E-state index contributed by atoms with van der Waals surface area (Å²) in [4.78, 5) is 32.2. The normalized spacial score (nSPS) is 11.3. The first-order chi connectivity index (χ1) is 12.7. The summed E-state index contributed by atoms with van der Waals surface area (Å²) < 4.78 is 1.78. The predicted octanol–water partition coefficient (Wildman–Crippen LogP) is 3.51. The number of carbonyl (C=O) groups excluding carboxylic acids is 1. The fourth-order valence-corrected chi connectivity index (χ4v) is 4.01. The number of carboxylic acids is 1. The number of thiophene rings is 1. The van der Waals surface area contributed by atoms with Crippen molar-refractivity contribution in [1.82, 2.24) is 19.7 Å². The number of aryl methyl sites for hydroxylation is 2. The Morgan fingerprint density at radius 1 is 1.30 bits per heavy atom. The number of hydrogen-bond donors (Lipinski definition) is 1. The average molecular weight is 386 g/mol. The number of nitrogens with zero attached hydrogens (tertiary/aromatic N) is 4. The standard InChI is InChI=1S/C19H22N4O3S/c1-10(2)23-18-15(8-20-23)14(19(26)22(5)9-17(24)25)7-16(21-18)13-6-11(3)27-12(13)4/h6-8,10H,9H2,1-5H3,(H,24,25). The molecule has 1 amide bonds. The first-order valence-corrected chi connectivity index (χ1v) is 9.43. The summed E-state index contributed by atoms with van der Waals surface area (Å²) in [5.41, 5.74) is 2.70. The van der Waals surface area contributed by atoms with E-state index in [-0.39, 0.29) is 18.5 Å². The molecule has 3 heterocycles. The largest absolute Gasteiger partial charge is 0.480 e. The number of rotatable bonds is 5. The molecule has 0 aliphatic carbocycles. The molecular formula is C19H22N4O3S. The molecule has 3 aromatic heterocycles. The smallest absolute Gasteiger partial charge is 0.323 e. The number of carboxylic acid groups (broad SMARTS) is 1. The van der Waals surface area contributed by atoms with E-state index in [9.17, 15) is 9.59 Å². The van der Waals surface area contributed by atoms with Crippen LogP contribution in [-0.4, -0.2) is 50.2 Å². The lowest BCUT2D eigenvalue weighted by atomic mass is 10.1. The van der Waals surface area contributed by atoms with Crippen molar-refractivity contribution in [2.45, 2.75) is 33.7 Å². The van der Waals surface area contributed by atoms with Gasteiger partial charge in [0.25, 0.3) is 5.91 Å². The van der Waals surface area contributed by atoms with Crippen LogP contribution in [0.3, 0.4) is 0 Å². The Bertz CT molecular complexity index is 1040. The summed E-state index contributed by atoms with van der Waals surface area (Å²) in [5, 5.41) is 14.0. The second-order valence-electron chi connectivity index (χ2n) is 6.86. The summed E-state index contributed by atoms with van der Waals surface area (Å²) in [6, 6.07) is 3.87. The highest BCUT2D eigenvalue weighted by atomic mass is 32.1. The van der Waals surface area contributed by atoms with Crippen molar-refractivity contribution < 1.29 is 14.7 Å². The van der Waals surface area contributed by atoms with E-state index < -0.39 is 5.97 Å². The second-order valence-corrected chi connectivity index (χ2v) is 8.32. The van der Waals surface area contributed by atoms with Crippen LogP contribution < -0.4 is 0 Å². The van der Waals surface area contributed by atoms with E-state index in [4.69, 9.17) is 10.1 Å². The molecule has 0 saturated carbocycles. The maximum atomic E-state index is 12.9. The number of amides is 1. The van der Waals surface area contributed by atoms with Crippen LogP contribution in [0.1, 0.15) is 40.0 Å². The monoisotopic (exact) mass is 386 g/mol. The van der Waals surface area contributed by atoms with Crippen LogP contribution in [0.5, 0.6) is 0 Å². The minimum Gasteiger partial charge on any atom is -0.480 e. The first kappa shape index (κ1) is 19.0. The lowest BCUT2D eigenvalue weighted by Gasteiger charge is -2.16. The van der Waals surface area contributed by atoms with Gasteiger partial charge in [0.15, 0.2) is 5.65 Å². The third-order valence-corrected chi connectivity index (χ3v) is 5.29. The van der Waals surface area contributed by atoms with Crippen molar-refractivity contribution in [3.05, 3.63) is 33.6 Å². The summed E-state index contributed by atoms with van der Waals surface area (Å²) in [6.07, 6.45) is 1.62. The van der Waals surface area contributed by atoms with Gasteiger partial charge in [-0.05, 0) is 39.8 Å². The number of aliphatic carboxylic acids is 1. The van der Waals surface area contributed by atoms with Crippen LogP contribution in [0.4, 0.5) is 0 Å². The van der Waals surface area contributed by atoms with Gasteiger partial charge in [-0.1, -0.05) is 0 Å². The van der Waals surface area contributed by atoms with Crippen LogP contribution in [0.15, 0.2) is 18.3 Å². The number of hydrogen-bond acceptors (Lipinski definition) is 5. The molecule has 0 aromatic carbocycles. The van der Waals surface area contributed by atoms with Gasteiger partial charge in [-0.3, -0.25) is 9.59 Å². The Morgan fingerprint density at radius 3 is 2.56 bits per heavy atom. The predicted molar refractivity (Wildman–Crippen MR) is 105 cm³/mol. The van der Waals surface area contributed by atoms with Crippen LogP contribution in [-0.2, 0) is 4.79 Å². The van der Waals surface area contributed by atoms with Gasteiger partial charge in [-0.25, -0.2) is 9.67 Å². The summed E-state index contributed by atoms with van der Waals surface area (Å²) in [7, 11) is 1.48. The van der Waals surface area contributed by atoms with Crippen molar-refractivity contribution in [2.75, 3.05) is 13.6 Å². The van der Waals surface area contributed by atoms with Gasteiger partial charge < -0.3 is 10.0 Å². The van der Waals surface area contributed by atoms with E-state index in [2.05, 4.69) is 11.2 Å². The highest BCUT2D eigenvalue weighted by molar-refractivity contribution is 7.12. The van der Waals surface area contributed by atoms with E-state index >= 15 is 0 Å². The summed E-state index contributed by atoms with van der Waals surface area (Å²) in [6.45, 7) is 7.69. The van der Waals surface area contributed by atoms with Gasteiger partial charge >= 0.3 is 5.97 Å². The molecule has 0 aliphatic heterocycles. The first-order valence-electron chi connectivity index (χ1n) is 8.62. The molecule has 0 bridgehead atoms. The quantitative estimate of drug-likeness (QED) is 0.725. The SMILES string of the molecule is Cc1cc(-c2cc(C(=O)N(C)CC(=O)O)c3cnn(C(C)C)c3n2)c(C)s1. The Kier molecular flexibility index (Phi) is 5.01. The molecular weight excluding hydrogens is 364 g/mol. The van der Waals surface area contributed by atoms with E-state index in [0.717, 1.165) is 15.3 Å². The van der Waals surface area contributed by atoms with E-state index in [1.54, 1.807) is 28.3 Å². The van der Waals surface area contributed by atoms with E-state index in [1.165, 1.54) is 11.9 Å². The molecule has 3 rings (SSSR count). The Hall–Kier alpha value is -2.74. The van der Waals surface area contributed by atoms with Gasteiger partial charge in [0.1, 0.15) is 6.54 Å². The Labute approximate surface area is 161 Å². The van der Waals surface area contributed by atoms with Crippen LogP contribution in [0, 0.1) is 13.8 Å². The van der Waals surface area contributed by atoms with Gasteiger partial charge in [-0.2, -0.15) is 5.10 Å². The fourth-order valence-electron chi connectivity index (χ4n) is 3.08. The number of likely N-dealkylation sites (N-methyl/N-ethyl adjacent to an activating group) is 1. The summed E-state index contributed by atoms with van der Waals surface area (Å²) >= 11 is 1.68. The number of fused-ring (bicyclic) bond motifs is 1. The minimum atomic E-state index is -1.06. The lowest BCUT2D eigenvalue weighted by molar-refractivity contribution is -0.137. The van der Waals surface area contributed by atoms with Crippen molar-refractivity contribution in [1.29, 1.82) is 0 Å². The molecule has 0 unspecified atom stereocenters. The van der Waals surface area contributed by atoms with Gasteiger partial charge in [0.2, 0.25) is 0 Å². The molecule has 0 saturated heterocycles. The third-order valence-electron chi connectivity index (χ3n) is 4.32. The van der Waals surface area contributed by atoms with Gasteiger partial charge in [0.05, 0.1) is 22.8 Å². The van der Waals surface area contributed by atoms with Crippen molar-refractivity contribution >= 4 is 34.2 Å². The zero-order valence-corrected chi connectivity index (χ0v) is 16.8. The van der Waals surface area contributed by atoms with Crippen molar-refractivity contribution in [2.24, 2.45) is 0 Å². The molecule has 0 fully saturated rings. The Morgan fingerprint density at radius 2 is 2.00 bits per heavy atom. The number of carbonyl (C=O) groups is 2.